The Morgan fingerprint density at radius 2 is 1.74 bits per heavy atom. The number of amides is 2. The van der Waals surface area contributed by atoms with E-state index in [-0.39, 0.29) is 30.7 Å². The molecular weight excluding hydrogens is 300 g/mol. The Bertz CT molecular complexity index is 667. The van der Waals surface area contributed by atoms with Crippen LogP contribution >= 0.6 is 0 Å². The molecule has 0 spiro atoms. The van der Waals surface area contributed by atoms with Gasteiger partial charge in [0.15, 0.2) is 17.3 Å². The molecule has 2 amide bonds. The van der Waals surface area contributed by atoms with E-state index >= 15 is 0 Å². The zero-order valence-corrected chi connectivity index (χ0v) is 12.9. The van der Waals surface area contributed by atoms with Crippen LogP contribution in [0.3, 0.4) is 0 Å². The molecule has 7 nitrogen and oxygen atoms in total. The number of furan rings is 1. The summed E-state index contributed by atoms with van der Waals surface area (Å²) >= 11 is 0. The van der Waals surface area contributed by atoms with Crippen LogP contribution in [0, 0.1) is 0 Å². The van der Waals surface area contributed by atoms with Gasteiger partial charge in [0.2, 0.25) is 0 Å². The van der Waals surface area contributed by atoms with Crippen molar-refractivity contribution in [3.05, 3.63) is 47.9 Å². The van der Waals surface area contributed by atoms with Crippen LogP contribution in [0.25, 0.3) is 0 Å². The van der Waals surface area contributed by atoms with Crippen LogP contribution in [-0.2, 0) is 0 Å². The van der Waals surface area contributed by atoms with Gasteiger partial charge >= 0.3 is 0 Å². The quantitative estimate of drug-likeness (QED) is 0.754. The highest BCUT2D eigenvalue weighted by Crippen LogP contribution is 2.30. The van der Waals surface area contributed by atoms with E-state index in [0.29, 0.717) is 17.1 Å². The fourth-order valence-electron chi connectivity index (χ4n) is 2.01. The first-order valence-electron chi connectivity index (χ1n) is 6.98. The molecule has 1 aromatic heterocycles. The third-order valence-corrected chi connectivity index (χ3v) is 3.09. The molecule has 0 unspecified atom stereocenters. The molecule has 0 atom stereocenters. The summed E-state index contributed by atoms with van der Waals surface area (Å²) in [6.45, 7) is 0.545. The van der Waals surface area contributed by atoms with Crippen LogP contribution in [0.2, 0.25) is 0 Å². The maximum atomic E-state index is 12.2. The maximum Gasteiger partial charge on any atom is 0.287 e. The lowest BCUT2D eigenvalue weighted by Crippen LogP contribution is -2.34. The van der Waals surface area contributed by atoms with Crippen molar-refractivity contribution in [2.75, 3.05) is 27.3 Å². The lowest BCUT2D eigenvalue weighted by molar-refractivity contribution is 0.0909. The summed E-state index contributed by atoms with van der Waals surface area (Å²) in [5.41, 5.74) is 0.365. The van der Waals surface area contributed by atoms with Gasteiger partial charge in [-0.25, -0.2) is 0 Å². The standard InChI is InChI=1S/C16H18N2O5/c1-21-12-6-3-5-11(14(12)22-2)15(19)17-8-9-18-16(20)13-7-4-10-23-13/h3-7,10H,8-9H2,1-2H3,(H,17,19)(H,18,20). The molecule has 0 aliphatic heterocycles. The lowest BCUT2D eigenvalue weighted by atomic mass is 10.1. The summed E-state index contributed by atoms with van der Waals surface area (Å²) < 4.78 is 15.3. The smallest absolute Gasteiger partial charge is 0.287 e. The van der Waals surface area contributed by atoms with Crippen LogP contribution in [0.1, 0.15) is 20.9 Å². The molecule has 0 aliphatic rings. The average Bonchev–Trinajstić information content (AvgIpc) is 3.12. The van der Waals surface area contributed by atoms with Gasteiger partial charge < -0.3 is 24.5 Å². The van der Waals surface area contributed by atoms with Crippen LogP contribution in [0.5, 0.6) is 11.5 Å². The Morgan fingerprint density at radius 3 is 2.35 bits per heavy atom. The zero-order chi connectivity index (χ0) is 16.7. The van der Waals surface area contributed by atoms with Crippen LogP contribution in [0.4, 0.5) is 0 Å². The lowest BCUT2D eigenvalue weighted by Gasteiger charge is -2.12. The zero-order valence-electron chi connectivity index (χ0n) is 12.9. The third-order valence-electron chi connectivity index (χ3n) is 3.09. The van der Waals surface area contributed by atoms with Crippen molar-refractivity contribution in [1.29, 1.82) is 0 Å². The fourth-order valence-corrected chi connectivity index (χ4v) is 2.01. The van der Waals surface area contributed by atoms with Gasteiger partial charge in [0.05, 0.1) is 26.0 Å². The van der Waals surface area contributed by atoms with Crippen molar-refractivity contribution in [3.8, 4) is 11.5 Å². The fraction of sp³-hybridized carbons (Fsp3) is 0.250. The van der Waals surface area contributed by atoms with Crippen molar-refractivity contribution < 1.29 is 23.5 Å². The first kappa shape index (κ1) is 16.4. The molecule has 122 valence electrons. The Labute approximate surface area is 133 Å². The maximum absolute atomic E-state index is 12.2. The number of methoxy groups -OCH3 is 2. The molecule has 0 bridgehead atoms. The number of benzene rings is 1. The Kier molecular flexibility index (Phi) is 5.62. The molecule has 2 rings (SSSR count). The molecule has 7 heteroatoms. The second kappa shape index (κ2) is 7.88. The number of ether oxygens (including phenoxy) is 2. The van der Waals surface area contributed by atoms with E-state index in [4.69, 9.17) is 13.9 Å². The minimum Gasteiger partial charge on any atom is -0.493 e. The van der Waals surface area contributed by atoms with E-state index in [2.05, 4.69) is 10.6 Å². The van der Waals surface area contributed by atoms with Gasteiger partial charge in [-0.3, -0.25) is 9.59 Å². The van der Waals surface area contributed by atoms with Gasteiger partial charge in [0, 0.05) is 13.1 Å². The van der Waals surface area contributed by atoms with Gasteiger partial charge in [0.25, 0.3) is 11.8 Å². The highest BCUT2D eigenvalue weighted by molar-refractivity contribution is 5.97. The van der Waals surface area contributed by atoms with Crippen molar-refractivity contribution in [2.24, 2.45) is 0 Å². The first-order valence-corrected chi connectivity index (χ1v) is 6.98. The number of rotatable bonds is 7. The highest BCUT2D eigenvalue weighted by atomic mass is 16.5. The summed E-state index contributed by atoms with van der Waals surface area (Å²) in [6.07, 6.45) is 1.42. The normalized spacial score (nSPS) is 10.0. The summed E-state index contributed by atoms with van der Waals surface area (Å²) in [4.78, 5) is 23.8. The number of nitrogens with one attached hydrogen (secondary N) is 2. The second-order valence-corrected chi connectivity index (χ2v) is 4.53. The summed E-state index contributed by atoms with van der Waals surface area (Å²) in [5, 5.41) is 5.35. The SMILES string of the molecule is COc1cccc(C(=O)NCCNC(=O)c2ccco2)c1OC. The average molecular weight is 318 g/mol. The van der Waals surface area contributed by atoms with Crippen LogP contribution in [0.15, 0.2) is 41.0 Å². The predicted molar refractivity (Wildman–Crippen MR) is 82.9 cm³/mol. The van der Waals surface area contributed by atoms with Crippen molar-refractivity contribution in [1.82, 2.24) is 10.6 Å². The summed E-state index contributed by atoms with van der Waals surface area (Å²) in [5.74, 6) is 0.431. The molecule has 2 N–H and O–H groups in total. The van der Waals surface area contributed by atoms with E-state index in [0.717, 1.165) is 0 Å². The number of hydrogen-bond acceptors (Lipinski definition) is 5. The van der Waals surface area contributed by atoms with Gasteiger partial charge in [-0.15, -0.1) is 0 Å². The van der Waals surface area contributed by atoms with E-state index in [1.807, 2.05) is 0 Å². The van der Waals surface area contributed by atoms with Gasteiger partial charge in [-0.2, -0.15) is 0 Å². The minimum atomic E-state index is -0.330. The van der Waals surface area contributed by atoms with Gasteiger partial charge in [-0.1, -0.05) is 6.07 Å². The van der Waals surface area contributed by atoms with E-state index in [1.54, 1.807) is 30.3 Å². The first-order chi connectivity index (χ1) is 11.2. The number of hydrogen-bond donors (Lipinski definition) is 2. The largest absolute Gasteiger partial charge is 0.493 e. The predicted octanol–water partition coefficient (Wildman–Crippen LogP) is 1.46. The summed E-state index contributed by atoms with van der Waals surface area (Å²) in [7, 11) is 2.97. The van der Waals surface area contributed by atoms with E-state index in [9.17, 15) is 9.59 Å². The Balaban J connectivity index is 1.87. The molecule has 2 aromatic rings. The number of carbonyl (C=O) groups excluding carboxylic acids is 2. The topological polar surface area (TPSA) is 89.8 Å². The van der Waals surface area contributed by atoms with Crippen molar-refractivity contribution in [2.45, 2.75) is 0 Å². The molecular formula is C16H18N2O5. The van der Waals surface area contributed by atoms with Crippen molar-refractivity contribution in [3.63, 3.8) is 0 Å². The molecule has 0 saturated carbocycles. The van der Waals surface area contributed by atoms with Gasteiger partial charge in [-0.05, 0) is 24.3 Å². The Morgan fingerprint density at radius 1 is 1.00 bits per heavy atom. The molecule has 23 heavy (non-hydrogen) atoms. The monoisotopic (exact) mass is 318 g/mol. The van der Waals surface area contributed by atoms with Crippen LogP contribution in [-0.4, -0.2) is 39.1 Å². The molecule has 0 aliphatic carbocycles. The van der Waals surface area contributed by atoms with Crippen LogP contribution < -0.4 is 20.1 Å². The van der Waals surface area contributed by atoms with E-state index < -0.39 is 0 Å². The molecule has 1 aromatic carbocycles. The molecule has 0 fully saturated rings. The Hall–Kier alpha value is -2.96. The molecule has 0 radical (unpaired) electrons. The minimum absolute atomic E-state index is 0.228. The molecule has 0 saturated heterocycles. The summed E-state index contributed by atoms with van der Waals surface area (Å²) in [6, 6.07) is 8.24. The van der Waals surface area contributed by atoms with Gasteiger partial charge in [0.1, 0.15) is 0 Å². The van der Waals surface area contributed by atoms with Crippen molar-refractivity contribution >= 4 is 11.8 Å². The molecule has 1 heterocycles. The highest BCUT2D eigenvalue weighted by Gasteiger charge is 2.16. The second-order valence-electron chi connectivity index (χ2n) is 4.53. The third kappa shape index (κ3) is 4.03. The number of para-hydroxylation sites is 1. The van der Waals surface area contributed by atoms with E-state index in [1.165, 1.54) is 20.5 Å². The number of carbonyl (C=O) groups is 2.